The highest BCUT2D eigenvalue weighted by Gasteiger charge is 2.48. The van der Waals surface area contributed by atoms with Crippen LogP contribution in [0.1, 0.15) is 88.4 Å². The van der Waals surface area contributed by atoms with Crippen LogP contribution in [-0.4, -0.2) is 33.2 Å². The molecule has 1 aliphatic rings. The first kappa shape index (κ1) is 25.2. The Bertz CT molecular complexity index is 796. The number of aldehydes is 1. The van der Waals surface area contributed by atoms with Crippen LogP contribution >= 0.6 is 11.6 Å². The third-order valence-corrected chi connectivity index (χ3v) is 6.39. The van der Waals surface area contributed by atoms with Crippen molar-refractivity contribution in [2.45, 2.75) is 84.1 Å². The zero-order chi connectivity index (χ0) is 23.0. The number of nitro benzene ring substituents is 1. The maximum Gasteiger partial charge on any atom is 0.388 e. The third-order valence-electron chi connectivity index (χ3n) is 6.00. The van der Waals surface area contributed by atoms with Crippen LogP contribution in [0, 0.1) is 16.0 Å². The van der Waals surface area contributed by atoms with Gasteiger partial charge in [0, 0.05) is 18.9 Å². The zero-order valence-electron chi connectivity index (χ0n) is 18.2. The van der Waals surface area contributed by atoms with E-state index < -0.39 is 27.4 Å². The van der Waals surface area contributed by atoms with E-state index in [9.17, 15) is 24.9 Å². The molecule has 9 heteroatoms. The number of rotatable bonds is 11. The Morgan fingerprint density at radius 1 is 1.35 bits per heavy atom. The number of halogens is 1. The molecule has 0 radical (unpaired) electrons. The second-order valence-corrected chi connectivity index (χ2v) is 8.75. The van der Waals surface area contributed by atoms with Gasteiger partial charge in [0.2, 0.25) is 5.75 Å². The summed E-state index contributed by atoms with van der Waals surface area (Å²) in [5.41, 5.74) is -0.808. The molecule has 2 atom stereocenters. The molecule has 2 rings (SSSR count). The van der Waals surface area contributed by atoms with Crippen molar-refractivity contribution in [2.24, 2.45) is 5.92 Å². The zero-order valence-corrected chi connectivity index (χ0v) is 19.0. The smallest absolute Gasteiger partial charge is 0.298 e. The van der Waals surface area contributed by atoms with Crippen LogP contribution in [0.25, 0.3) is 0 Å². The average molecular weight is 456 g/mol. The monoisotopic (exact) mass is 455 g/mol. The van der Waals surface area contributed by atoms with Gasteiger partial charge in [-0.05, 0) is 31.2 Å². The van der Waals surface area contributed by atoms with Crippen molar-refractivity contribution < 1.29 is 29.4 Å². The topological polar surface area (TPSA) is 107 Å². The summed E-state index contributed by atoms with van der Waals surface area (Å²) in [6.45, 7) is 4.20. The second-order valence-electron chi connectivity index (χ2n) is 8.37. The predicted molar refractivity (Wildman–Crippen MR) is 116 cm³/mol. The number of hydrogen-bond donors (Lipinski definition) is 1. The normalized spacial score (nSPS) is 17.5. The highest BCUT2D eigenvalue weighted by molar-refractivity contribution is 6.34. The Kier molecular flexibility index (Phi) is 9.40. The SMILES string of the molecule is CCCCC(C)CCC(=O)[N+](O)(Oc1ccc([N+](=O)[O-])c(C=O)c1Cl)C1CCCCC1. The van der Waals surface area contributed by atoms with E-state index in [1.165, 1.54) is 6.07 Å². The van der Waals surface area contributed by atoms with Crippen molar-refractivity contribution in [1.82, 2.24) is 0 Å². The van der Waals surface area contributed by atoms with Gasteiger partial charge in [-0.25, -0.2) is 4.79 Å². The highest BCUT2D eigenvalue weighted by atomic mass is 35.5. The number of carbonyl (C=O) groups excluding carboxylic acids is 2. The lowest BCUT2D eigenvalue weighted by atomic mass is 9.94. The summed E-state index contributed by atoms with van der Waals surface area (Å²) in [5, 5.41) is 22.3. The van der Waals surface area contributed by atoms with Crippen LogP contribution in [0.15, 0.2) is 12.1 Å². The molecule has 1 aliphatic carbocycles. The molecule has 1 fully saturated rings. The van der Waals surface area contributed by atoms with E-state index in [0.717, 1.165) is 44.6 Å². The van der Waals surface area contributed by atoms with Gasteiger partial charge in [0.15, 0.2) is 12.3 Å². The lowest BCUT2D eigenvalue weighted by Gasteiger charge is -2.34. The summed E-state index contributed by atoms with van der Waals surface area (Å²) in [4.78, 5) is 39.5. The Labute approximate surface area is 187 Å². The van der Waals surface area contributed by atoms with E-state index >= 15 is 0 Å². The summed E-state index contributed by atoms with van der Waals surface area (Å²) in [6, 6.07) is 1.85. The van der Waals surface area contributed by atoms with Crippen molar-refractivity contribution in [1.29, 1.82) is 0 Å². The molecule has 1 N–H and O–H groups in total. The number of hydroxylamine groups is 4. The maximum atomic E-state index is 13.2. The molecule has 0 aromatic heterocycles. The predicted octanol–water partition coefficient (Wildman–Crippen LogP) is 6.03. The summed E-state index contributed by atoms with van der Waals surface area (Å²) in [6.07, 6.45) is 8.19. The number of quaternary nitrogens is 1. The standard InChI is InChI=1S/C22H32ClN2O6/c1-3-4-8-16(2)11-14-21(27)25(30,17-9-6-5-7-10-17)31-20-13-12-19(24(28)29)18(15-26)22(20)23/h12-13,15-17,30H,3-11,14H2,1-2H3/q+1. The van der Waals surface area contributed by atoms with Crippen LogP contribution in [0.3, 0.4) is 0 Å². The fraction of sp³-hybridized carbons (Fsp3) is 0.636. The lowest BCUT2D eigenvalue weighted by Crippen LogP contribution is -2.60. The van der Waals surface area contributed by atoms with Crippen LogP contribution < -0.4 is 4.84 Å². The average Bonchev–Trinajstić information content (AvgIpc) is 2.77. The molecular weight excluding hydrogens is 424 g/mol. The number of nitrogens with zero attached hydrogens (tertiary/aromatic N) is 2. The fourth-order valence-corrected chi connectivity index (χ4v) is 4.28. The highest BCUT2D eigenvalue weighted by Crippen LogP contribution is 2.37. The number of benzene rings is 1. The first-order valence-corrected chi connectivity index (χ1v) is 11.4. The molecule has 0 aliphatic heterocycles. The molecule has 31 heavy (non-hydrogen) atoms. The number of hydrogen-bond acceptors (Lipinski definition) is 6. The summed E-state index contributed by atoms with van der Waals surface area (Å²) >= 11 is 6.20. The molecule has 1 aromatic rings. The molecule has 1 amide bonds. The van der Waals surface area contributed by atoms with Crippen molar-refractivity contribution in [3.05, 3.63) is 32.8 Å². The van der Waals surface area contributed by atoms with Gasteiger partial charge in [-0.15, -0.1) is 0 Å². The van der Waals surface area contributed by atoms with Crippen LogP contribution in [0.2, 0.25) is 5.02 Å². The van der Waals surface area contributed by atoms with E-state index in [2.05, 4.69) is 13.8 Å². The largest absolute Gasteiger partial charge is 0.388 e. The fourth-order valence-electron chi connectivity index (χ4n) is 4.04. The molecular formula is C22H32ClN2O6+. The van der Waals surface area contributed by atoms with Gasteiger partial charge in [-0.1, -0.05) is 51.1 Å². The van der Waals surface area contributed by atoms with Crippen molar-refractivity contribution in [3.8, 4) is 5.75 Å². The molecule has 8 nitrogen and oxygen atoms in total. The lowest BCUT2D eigenvalue weighted by molar-refractivity contribution is -1.18. The van der Waals surface area contributed by atoms with Crippen molar-refractivity contribution in [3.63, 3.8) is 0 Å². The second kappa shape index (κ2) is 11.5. The minimum Gasteiger partial charge on any atom is -0.298 e. The van der Waals surface area contributed by atoms with E-state index in [1.807, 2.05) is 0 Å². The third kappa shape index (κ3) is 6.24. The number of carbonyl (C=O) groups is 2. The van der Waals surface area contributed by atoms with Gasteiger partial charge < -0.3 is 0 Å². The molecule has 0 bridgehead atoms. The Balaban J connectivity index is 2.30. The Morgan fingerprint density at radius 3 is 2.61 bits per heavy atom. The molecule has 172 valence electrons. The van der Waals surface area contributed by atoms with Crippen LogP contribution in [0.5, 0.6) is 5.75 Å². The number of unbranched alkanes of at least 4 members (excludes halogenated alkanes) is 1. The number of nitro groups is 1. The first-order valence-electron chi connectivity index (χ1n) is 11.0. The van der Waals surface area contributed by atoms with Gasteiger partial charge in [-0.3, -0.25) is 19.7 Å². The molecule has 0 saturated heterocycles. The summed E-state index contributed by atoms with van der Waals surface area (Å²) < 4.78 is 0. The van der Waals surface area contributed by atoms with Crippen molar-refractivity contribution >= 4 is 29.5 Å². The minimum atomic E-state index is -1.25. The Morgan fingerprint density at radius 2 is 2.03 bits per heavy atom. The maximum absolute atomic E-state index is 13.2. The minimum absolute atomic E-state index is 0.130. The van der Waals surface area contributed by atoms with Crippen LogP contribution in [-0.2, 0) is 4.79 Å². The summed E-state index contributed by atoms with van der Waals surface area (Å²) in [7, 11) is 0. The van der Waals surface area contributed by atoms with Gasteiger partial charge in [0.1, 0.15) is 10.6 Å². The molecule has 0 heterocycles. The van der Waals surface area contributed by atoms with Gasteiger partial charge in [-0.2, -0.15) is 5.21 Å². The van der Waals surface area contributed by atoms with E-state index in [4.69, 9.17) is 16.4 Å². The molecule has 2 unspecified atom stereocenters. The molecule has 0 spiro atoms. The van der Waals surface area contributed by atoms with Crippen molar-refractivity contribution in [2.75, 3.05) is 0 Å². The summed E-state index contributed by atoms with van der Waals surface area (Å²) in [5.74, 6) is -0.263. The van der Waals surface area contributed by atoms with E-state index in [1.54, 1.807) is 0 Å². The quantitative estimate of drug-likeness (QED) is 0.143. The van der Waals surface area contributed by atoms with E-state index in [0.29, 0.717) is 25.2 Å². The van der Waals surface area contributed by atoms with Gasteiger partial charge in [0.25, 0.3) is 5.69 Å². The van der Waals surface area contributed by atoms with E-state index in [-0.39, 0.29) is 29.0 Å². The number of amides is 1. The van der Waals surface area contributed by atoms with Crippen LogP contribution in [0.4, 0.5) is 5.69 Å². The Hall–Kier alpha value is -2.03. The molecule has 1 saturated carbocycles. The van der Waals surface area contributed by atoms with Gasteiger partial charge in [0.05, 0.1) is 16.2 Å². The van der Waals surface area contributed by atoms with Gasteiger partial charge >= 0.3 is 5.91 Å². The first-order chi connectivity index (χ1) is 14.7. The molecule has 1 aromatic carbocycles.